The van der Waals surface area contributed by atoms with Gasteiger partial charge in [-0.05, 0) is 48.5 Å². The molecule has 4 nitrogen and oxygen atoms in total. The monoisotopic (exact) mass is 322 g/mol. The first-order chi connectivity index (χ1) is 10.4. The average Bonchev–Trinajstić information content (AvgIpc) is 2.97. The van der Waals surface area contributed by atoms with Crippen LogP contribution in [0.15, 0.2) is 17.5 Å². The van der Waals surface area contributed by atoms with Crippen LogP contribution in [0.25, 0.3) is 0 Å². The molecular weight excluding hydrogens is 296 g/mol. The fraction of sp³-hybridized carbons (Fsp3) is 0.647. The van der Waals surface area contributed by atoms with E-state index < -0.39 is 11.8 Å². The van der Waals surface area contributed by atoms with Gasteiger partial charge in [0.1, 0.15) is 0 Å². The van der Waals surface area contributed by atoms with Crippen molar-refractivity contribution in [2.24, 2.45) is 11.3 Å². The van der Waals surface area contributed by atoms with E-state index in [1.54, 1.807) is 11.3 Å². The molecule has 2 N–H and O–H groups in total. The predicted molar refractivity (Wildman–Crippen MR) is 89.5 cm³/mol. The summed E-state index contributed by atoms with van der Waals surface area (Å²) in [5.74, 6) is -0.338. The summed E-state index contributed by atoms with van der Waals surface area (Å²) in [6.07, 6.45) is 4.16. The summed E-state index contributed by atoms with van der Waals surface area (Å²) in [5, 5.41) is 7.49. The Labute approximate surface area is 136 Å². The third-order valence-corrected chi connectivity index (χ3v) is 5.37. The summed E-state index contributed by atoms with van der Waals surface area (Å²) < 4.78 is 0. The third kappa shape index (κ3) is 4.83. The minimum absolute atomic E-state index is 0.138. The highest BCUT2D eigenvalue weighted by atomic mass is 32.1. The molecule has 1 fully saturated rings. The second-order valence-electron chi connectivity index (χ2n) is 7.15. The maximum atomic E-state index is 11.9. The molecule has 0 saturated heterocycles. The van der Waals surface area contributed by atoms with E-state index in [2.05, 4.69) is 31.4 Å². The molecule has 1 aliphatic rings. The van der Waals surface area contributed by atoms with Gasteiger partial charge in [-0.15, -0.1) is 11.3 Å². The minimum atomic E-state index is -0.536. The number of nitrogens with one attached hydrogen (secondary N) is 2. The Morgan fingerprint density at radius 2 is 1.86 bits per heavy atom. The van der Waals surface area contributed by atoms with Crippen LogP contribution in [0, 0.1) is 11.3 Å². The van der Waals surface area contributed by atoms with Crippen LogP contribution in [0.1, 0.15) is 51.3 Å². The summed E-state index contributed by atoms with van der Waals surface area (Å²) in [4.78, 5) is 24.8. The number of hydrogen-bond donors (Lipinski definition) is 2. The van der Waals surface area contributed by atoms with Crippen molar-refractivity contribution < 1.29 is 9.59 Å². The molecule has 0 spiro atoms. The van der Waals surface area contributed by atoms with E-state index in [-0.39, 0.29) is 6.04 Å². The van der Waals surface area contributed by atoms with Gasteiger partial charge in [-0.2, -0.15) is 0 Å². The average molecular weight is 322 g/mol. The molecule has 0 aliphatic heterocycles. The molecular formula is C17H26N2O2S. The van der Waals surface area contributed by atoms with Gasteiger partial charge in [-0.3, -0.25) is 9.59 Å². The van der Waals surface area contributed by atoms with Crippen LogP contribution in [-0.2, 0) is 16.1 Å². The van der Waals surface area contributed by atoms with Crippen LogP contribution in [0.2, 0.25) is 0 Å². The second kappa shape index (κ2) is 7.27. The second-order valence-corrected chi connectivity index (χ2v) is 8.18. The van der Waals surface area contributed by atoms with E-state index in [1.165, 1.54) is 0 Å². The fourth-order valence-corrected chi connectivity index (χ4v) is 3.66. The van der Waals surface area contributed by atoms with Gasteiger partial charge < -0.3 is 10.6 Å². The van der Waals surface area contributed by atoms with Crippen molar-refractivity contribution in [1.82, 2.24) is 10.6 Å². The fourth-order valence-electron chi connectivity index (χ4n) is 3.02. The molecule has 122 valence electrons. The zero-order valence-electron chi connectivity index (χ0n) is 13.6. The molecule has 1 saturated carbocycles. The molecule has 0 atom stereocenters. The Morgan fingerprint density at radius 1 is 1.18 bits per heavy atom. The van der Waals surface area contributed by atoms with Crippen molar-refractivity contribution in [3.63, 3.8) is 0 Å². The number of thiophene rings is 1. The molecule has 0 bridgehead atoms. The van der Waals surface area contributed by atoms with Crippen LogP contribution in [0.4, 0.5) is 0 Å². The standard InChI is InChI=1S/C17H26N2O2S/c1-17(2,3)12-6-8-13(9-7-12)19-16(21)15(20)18-11-14-5-4-10-22-14/h4-5,10,12-13H,6-9,11H2,1-3H3,(H,18,20)(H,19,21). The van der Waals surface area contributed by atoms with Crippen LogP contribution in [-0.4, -0.2) is 17.9 Å². The highest BCUT2D eigenvalue weighted by molar-refractivity contribution is 7.09. The number of carbonyl (C=O) groups is 2. The predicted octanol–water partition coefficient (Wildman–Crippen LogP) is 3.09. The normalized spacial score (nSPS) is 22.1. The van der Waals surface area contributed by atoms with E-state index in [9.17, 15) is 9.59 Å². The van der Waals surface area contributed by atoms with E-state index >= 15 is 0 Å². The summed E-state index contributed by atoms with van der Waals surface area (Å²) in [6.45, 7) is 7.23. The number of hydrogen-bond acceptors (Lipinski definition) is 3. The Morgan fingerprint density at radius 3 is 2.41 bits per heavy atom. The summed E-state index contributed by atoms with van der Waals surface area (Å²) in [6, 6.07) is 4.01. The van der Waals surface area contributed by atoms with Gasteiger partial charge in [0.2, 0.25) is 0 Å². The van der Waals surface area contributed by atoms with Gasteiger partial charge >= 0.3 is 11.8 Å². The van der Waals surface area contributed by atoms with Crippen LogP contribution in [0.5, 0.6) is 0 Å². The maximum Gasteiger partial charge on any atom is 0.309 e. The van der Waals surface area contributed by atoms with Gasteiger partial charge in [0.15, 0.2) is 0 Å². The largest absolute Gasteiger partial charge is 0.345 e. The first-order valence-electron chi connectivity index (χ1n) is 7.97. The minimum Gasteiger partial charge on any atom is -0.345 e. The molecule has 1 heterocycles. The molecule has 0 aromatic carbocycles. The topological polar surface area (TPSA) is 58.2 Å². The van der Waals surface area contributed by atoms with Crippen LogP contribution >= 0.6 is 11.3 Å². The van der Waals surface area contributed by atoms with Crippen molar-refractivity contribution in [1.29, 1.82) is 0 Å². The van der Waals surface area contributed by atoms with Gasteiger partial charge in [0.25, 0.3) is 0 Å². The van der Waals surface area contributed by atoms with Crippen molar-refractivity contribution in [3.05, 3.63) is 22.4 Å². The Balaban J connectivity index is 1.72. The van der Waals surface area contributed by atoms with Crippen molar-refractivity contribution in [2.75, 3.05) is 0 Å². The van der Waals surface area contributed by atoms with Crippen molar-refractivity contribution in [3.8, 4) is 0 Å². The number of rotatable bonds is 3. The van der Waals surface area contributed by atoms with Gasteiger partial charge in [-0.25, -0.2) is 0 Å². The number of carbonyl (C=O) groups excluding carboxylic acids is 2. The molecule has 5 heteroatoms. The summed E-state index contributed by atoms with van der Waals surface area (Å²) in [7, 11) is 0. The lowest BCUT2D eigenvalue weighted by Gasteiger charge is -2.37. The highest BCUT2D eigenvalue weighted by Gasteiger charge is 2.30. The Hall–Kier alpha value is -1.36. The molecule has 22 heavy (non-hydrogen) atoms. The maximum absolute atomic E-state index is 11.9. The molecule has 2 amide bonds. The quantitative estimate of drug-likeness (QED) is 0.840. The lowest BCUT2D eigenvalue weighted by molar-refractivity contribution is -0.139. The Kier molecular flexibility index (Phi) is 5.62. The van der Waals surface area contributed by atoms with Gasteiger partial charge in [0.05, 0.1) is 6.54 Å². The molecule has 1 aromatic heterocycles. The number of amides is 2. The summed E-state index contributed by atoms with van der Waals surface area (Å²) in [5.41, 5.74) is 0.326. The van der Waals surface area contributed by atoms with E-state index in [4.69, 9.17) is 0 Å². The lowest BCUT2D eigenvalue weighted by Crippen LogP contribution is -2.46. The molecule has 2 rings (SSSR count). The highest BCUT2D eigenvalue weighted by Crippen LogP contribution is 2.37. The lowest BCUT2D eigenvalue weighted by atomic mass is 9.71. The third-order valence-electron chi connectivity index (χ3n) is 4.50. The summed E-state index contributed by atoms with van der Waals surface area (Å²) >= 11 is 1.57. The van der Waals surface area contributed by atoms with Crippen molar-refractivity contribution >= 4 is 23.2 Å². The van der Waals surface area contributed by atoms with E-state index in [1.807, 2.05) is 17.5 Å². The molecule has 1 aromatic rings. The van der Waals surface area contributed by atoms with E-state index in [0.29, 0.717) is 17.9 Å². The molecule has 0 radical (unpaired) electrons. The van der Waals surface area contributed by atoms with Gasteiger partial charge in [-0.1, -0.05) is 26.8 Å². The van der Waals surface area contributed by atoms with Crippen LogP contribution < -0.4 is 10.6 Å². The zero-order chi connectivity index (χ0) is 16.2. The van der Waals surface area contributed by atoms with Gasteiger partial charge in [0, 0.05) is 10.9 Å². The SMILES string of the molecule is CC(C)(C)C1CCC(NC(=O)C(=O)NCc2cccs2)CC1. The van der Waals surface area contributed by atoms with E-state index in [0.717, 1.165) is 30.6 Å². The molecule has 1 aliphatic carbocycles. The molecule has 0 unspecified atom stereocenters. The first-order valence-corrected chi connectivity index (χ1v) is 8.85. The van der Waals surface area contributed by atoms with Crippen molar-refractivity contribution in [2.45, 2.75) is 59.0 Å². The zero-order valence-corrected chi connectivity index (χ0v) is 14.5. The van der Waals surface area contributed by atoms with Crippen LogP contribution in [0.3, 0.4) is 0 Å². The Bertz CT molecular complexity index is 497. The first kappa shape index (κ1) is 17.0. The smallest absolute Gasteiger partial charge is 0.309 e.